The van der Waals surface area contributed by atoms with Gasteiger partial charge < -0.3 is 30.0 Å². The highest BCUT2D eigenvalue weighted by Crippen LogP contribution is 2.44. The van der Waals surface area contributed by atoms with Gasteiger partial charge in [0, 0.05) is 31.7 Å². The van der Waals surface area contributed by atoms with Crippen molar-refractivity contribution >= 4 is 31.6 Å². The molecule has 7 rings (SSSR count). The molecule has 5 aromatic carbocycles. The normalized spacial score (nSPS) is 13.1. The first-order chi connectivity index (χ1) is 29.3. The van der Waals surface area contributed by atoms with Crippen molar-refractivity contribution in [3.8, 4) is 45.8 Å². The van der Waals surface area contributed by atoms with Crippen LogP contribution in [-0.2, 0) is 39.5 Å². The first kappa shape index (κ1) is 42.1. The van der Waals surface area contributed by atoms with Crippen LogP contribution in [0.15, 0.2) is 113 Å². The maximum atomic E-state index is 15.8. The fourth-order valence-corrected chi connectivity index (χ4v) is 11.0. The van der Waals surface area contributed by atoms with Gasteiger partial charge in [0.2, 0.25) is 15.8 Å². The number of likely N-dealkylation sites (tertiary alicyclic amines) is 1. The zero-order valence-electron chi connectivity index (χ0n) is 33.2. The number of hydrogen-bond acceptors (Lipinski definition) is 13. The van der Waals surface area contributed by atoms with Gasteiger partial charge >= 0.3 is 6.09 Å². The second-order valence-electron chi connectivity index (χ2n) is 14.0. The molecule has 0 spiro atoms. The molecule has 2 heterocycles. The summed E-state index contributed by atoms with van der Waals surface area (Å²) in [7, 11) is -5.01. The lowest BCUT2D eigenvalue weighted by Gasteiger charge is -2.37. The molecule has 61 heavy (non-hydrogen) atoms. The number of methoxy groups -OCH3 is 3. The summed E-state index contributed by atoms with van der Waals surface area (Å²) in [5, 5.41) is 31.4. The van der Waals surface area contributed by atoms with E-state index in [1.807, 2.05) is 6.07 Å². The Hall–Kier alpha value is -7.01. The second-order valence-corrected chi connectivity index (χ2v) is 18.1. The molecule has 1 aliphatic heterocycles. The highest BCUT2D eigenvalue weighted by molar-refractivity contribution is 7.94. The van der Waals surface area contributed by atoms with Crippen molar-refractivity contribution in [1.82, 2.24) is 29.4 Å². The van der Waals surface area contributed by atoms with Crippen LogP contribution in [0.3, 0.4) is 0 Å². The number of carbonyl (C=O) groups is 1. The Labute approximate surface area is 352 Å². The number of rotatable bonds is 15. The van der Waals surface area contributed by atoms with E-state index in [1.54, 1.807) is 92.0 Å². The van der Waals surface area contributed by atoms with Gasteiger partial charge in [-0.15, -0.1) is 10.2 Å². The average molecular weight is 865 g/mol. The Morgan fingerprint density at radius 1 is 0.803 bits per heavy atom. The minimum absolute atomic E-state index is 0.000226. The van der Waals surface area contributed by atoms with Gasteiger partial charge in [-0.3, -0.25) is 0 Å². The molecule has 0 aliphatic carbocycles. The van der Waals surface area contributed by atoms with E-state index in [0.29, 0.717) is 28.4 Å². The predicted octanol–water partition coefficient (Wildman–Crippen LogP) is 5.06. The highest BCUT2D eigenvalue weighted by atomic mass is 32.2. The fraction of sp³-hybridized carbons (Fsp3) is 0.214. The summed E-state index contributed by atoms with van der Waals surface area (Å²) in [6.45, 7) is -1.15. The molecule has 1 saturated heterocycles. The molecule has 1 aliphatic rings. The molecule has 19 heteroatoms. The van der Waals surface area contributed by atoms with Gasteiger partial charge in [0.15, 0.2) is 9.84 Å². The average Bonchev–Trinajstić information content (AvgIpc) is 3.71. The number of nitrogens with zero attached hydrogens (tertiary/aromatic N) is 7. The van der Waals surface area contributed by atoms with Crippen LogP contribution in [-0.4, -0.2) is 97.1 Å². The number of nitrogen functional groups attached to an aromatic ring is 1. The van der Waals surface area contributed by atoms with Gasteiger partial charge in [0.1, 0.15) is 33.5 Å². The lowest BCUT2D eigenvalue weighted by atomic mass is 9.96. The summed E-state index contributed by atoms with van der Waals surface area (Å²) < 4.78 is 78.2. The third-order valence-corrected chi connectivity index (χ3v) is 14.4. The smallest absolute Gasteiger partial charge is 0.407 e. The lowest BCUT2D eigenvalue weighted by Crippen LogP contribution is -2.56. The zero-order chi connectivity index (χ0) is 43.5. The molecular formula is C42H40N8O9S2. The van der Waals surface area contributed by atoms with Gasteiger partial charge in [-0.25, -0.2) is 21.6 Å². The third kappa shape index (κ3) is 8.54. The van der Waals surface area contributed by atoms with Gasteiger partial charge in [-0.1, -0.05) is 54.6 Å². The topological polar surface area (TPSA) is 233 Å². The number of ether oxygens (including phenoxy) is 3. The molecule has 3 N–H and O–H groups in total. The Morgan fingerprint density at radius 3 is 1.85 bits per heavy atom. The van der Waals surface area contributed by atoms with Crippen molar-refractivity contribution in [2.75, 3.05) is 40.2 Å². The highest BCUT2D eigenvalue weighted by Gasteiger charge is 2.45. The number of benzene rings is 5. The summed E-state index contributed by atoms with van der Waals surface area (Å²) in [6.07, 6.45) is -1.31. The van der Waals surface area contributed by atoms with Crippen molar-refractivity contribution < 1.29 is 40.9 Å². The van der Waals surface area contributed by atoms with Crippen molar-refractivity contribution in [1.29, 1.82) is 5.26 Å². The lowest BCUT2D eigenvalue weighted by molar-refractivity contribution is 0.120. The molecular weight excluding hydrogens is 825 g/mol. The fourth-order valence-electron chi connectivity index (χ4n) is 6.89. The Morgan fingerprint density at radius 2 is 1.34 bits per heavy atom. The molecule has 1 aromatic heterocycles. The minimum Gasteiger partial charge on any atom is -0.497 e. The summed E-state index contributed by atoms with van der Waals surface area (Å²) in [6, 6.07) is 29.8. The maximum Gasteiger partial charge on any atom is 0.407 e. The number of hydrogen-bond donors (Lipinski definition) is 2. The molecule has 0 atom stereocenters. The van der Waals surface area contributed by atoms with E-state index >= 15 is 8.42 Å². The molecule has 17 nitrogen and oxygen atoms in total. The number of sulfonamides is 1. The largest absolute Gasteiger partial charge is 0.497 e. The van der Waals surface area contributed by atoms with E-state index < -0.39 is 41.0 Å². The molecule has 1 fully saturated rings. The Bertz CT molecular complexity index is 2790. The first-order valence-corrected chi connectivity index (χ1v) is 21.6. The number of sulfone groups is 1. The number of aromatic nitrogens is 4. The van der Waals surface area contributed by atoms with E-state index in [0.717, 1.165) is 14.8 Å². The Kier molecular flexibility index (Phi) is 11.9. The molecule has 0 saturated carbocycles. The Balaban J connectivity index is 1.50. The van der Waals surface area contributed by atoms with Crippen LogP contribution < -0.4 is 19.9 Å². The van der Waals surface area contributed by atoms with Crippen molar-refractivity contribution in [3.05, 3.63) is 125 Å². The quantitative estimate of drug-likeness (QED) is 0.129. The number of para-hydroxylation sites is 1. The summed E-state index contributed by atoms with van der Waals surface area (Å²) >= 11 is 0. The summed E-state index contributed by atoms with van der Waals surface area (Å²) in [4.78, 5) is 12.7. The standard InChI is InChI=1S/C42H40N8O9S2/c1-57-31-13-7-27(8-14-31)22-49(23-28-9-15-32(58-2)16-10-28)61(55,56)40-37(60(53,54)34-25-48(26-34)42(51)52)20-19-35(36-6-4-5-30(21-43)39(36)44)38(40)41-45-47-50(46-41)24-29-11-17-33(59-3)18-12-29/h4-20,34H,22-26,44H2,1-3H3,(H,51,52). The summed E-state index contributed by atoms with van der Waals surface area (Å²) in [5.74, 6) is 1.44. The SMILES string of the molecule is COc1ccc(CN(Cc2ccc(OC)cc2)S(=O)(=O)c2c(S(=O)(=O)C3CN(C(=O)O)C3)ccc(-c3cccc(C#N)c3N)c2-c2nnn(Cc3ccc(OC)cc3)n2)cc1. The molecule has 0 bridgehead atoms. The molecule has 6 aromatic rings. The number of amides is 1. The molecule has 1 amide bonds. The zero-order valence-corrected chi connectivity index (χ0v) is 34.8. The van der Waals surface area contributed by atoms with E-state index in [-0.39, 0.29) is 66.5 Å². The number of nitriles is 1. The van der Waals surface area contributed by atoms with E-state index in [1.165, 1.54) is 37.2 Å². The van der Waals surface area contributed by atoms with Crippen LogP contribution >= 0.6 is 0 Å². The van der Waals surface area contributed by atoms with Crippen LogP contribution in [0.25, 0.3) is 22.5 Å². The second kappa shape index (κ2) is 17.3. The van der Waals surface area contributed by atoms with Crippen molar-refractivity contribution in [2.24, 2.45) is 0 Å². The van der Waals surface area contributed by atoms with Crippen molar-refractivity contribution in [2.45, 2.75) is 34.7 Å². The number of tetrazole rings is 1. The van der Waals surface area contributed by atoms with Gasteiger partial charge in [0.25, 0.3) is 0 Å². The van der Waals surface area contributed by atoms with E-state index in [4.69, 9.17) is 19.9 Å². The van der Waals surface area contributed by atoms with E-state index in [9.17, 15) is 23.6 Å². The predicted molar refractivity (Wildman–Crippen MR) is 223 cm³/mol. The van der Waals surface area contributed by atoms with Gasteiger partial charge in [0.05, 0.1) is 49.6 Å². The van der Waals surface area contributed by atoms with Crippen molar-refractivity contribution in [3.63, 3.8) is 0 Å². The first-order valence-electron chi connectivity index (χ1n) is 18.6. The van der Waals surface area contributed by atoms with Crippen LogP contribution in [0, 0.1) is 11.3 Å². The van der Waals surface area contributed by atoms with Crippen LogP contribution in [0.2, 0.25) is 0 Å². The molecule has 0 unspecified atom stereocenters. The van der Waals surface area contributed by atoms with Gasteiger partial charge in [-0.2, -0.15) is 14.4 Å². The molecule has 314 valence electrons. The maximum absolute atomic E-state index is 15.8. The number of anilines is 1. The monoisotopic (exact) mass is 864 g/mol. The summed E-state index contributed by atoms with van der Waals surface area (Å²) in [5.41, 5.74) is 8.56. The van der Waals surface area contributed by atoms with Crippen LogP contribution in [0.1, 0.15) is 22.3 Å². The van der Waals surface area contributed by atoms with E-state index in [2.05, 4.69) is 15.4 Å². The number of carboxylic acid groups (broad SMARTS) is 1. The number of nitrogens with two attached hydrogens (primary N) is 1. The van der Waals surface area contributed by atoms with Gasteiger partial charge in [-0.05, 0) is 76.0 Å². The van der Waals surface area contributed by atoms with Crippen LogP contribution in [0.5, 0.6) is 17.2 Å². The molecule has 0 radical (unpaired) electrons. The van der Waals surface area contributed by atoms with Crippen LogP contribution in [0.4, 0.5) is 10.5 Å². The third-order valence-electron chi connectivity index (χ3n) is 10.3. The minimum atomic E-state index is -4.96.